The number of benzene rings is 1. The molecule has 2 saturated heterocycles. The van der Waals surface area contributed by atoms with Crippen molar-refractivity contribution in [3.63, 3.8) is 0 Å². The minimum Gasteiger partial charge on any atom is -0.469 e. The number of piperidine rings is 2. The van der Waals surface area contributed by atoms with E-state index in [0.29, 0.717) is 0 Å². The first-order chi connectivity index (χ1) is 14.1. The van der Waals surface area contributed by atoms with E-state index in [9.17, 15) is 4.79 Å². The normalized spacial score (nSPS) is 19.3. The van der Waals surface area contributed by atoms with Gasteiger partial charge in [0.15, 0.2) is 5.96 Å². The molecule has 0 bridgehead atoms. The van der Waals surface area contributed by atoms with Gasteiger partial charge in [0.1, 0.15) is 0 Å². The lowest BCUT2D eigenvalue weighted by molar-refractivity contribution is -0.146. The second-order valence-corrected chi connectivity index (χ2v) is 8.46. The molecule has 2 fully saturated rings. The lowest BCUT2D eigenvalue weighted by atomic mass is 9.97. The van der Waals surface area contributed by atoms with Crippen molar-refractivity contribution in [2.45, 2.75) is 45.7 Å². The molecule has 2 aliphatic heterocycles. The summed E-state index contributed by atoms with van der Waals surface area (Å²) < 4.78 is 4.87. The van der Waals surface area contributed by atoms with E-state index in [2.05, 4.69) is 51.3 Å². The number of methoxy groups -OCH3 is 1. The van der Waals surface area contributed by atoms with Crippen molar-refractivity contribution in [2.75, 3.05) is 40.3 Å². The standard InChI is InChI=1S/C23H36N4O2.HI/c1-18-8-12-26(13-9-18)17-20-6-4-19(5-7-20)16-25-23(24-2)27-14-10-21(11-15-27)22(28)29-3;/h4-7,18,21H,8-17H2,1-3H3,(H,24,25);1H. The molecule has 0 spiro atoms. The molecule has 0 saturated carbocycles. The first-order valence-corrected chi connectivity index (χ1v) is 10.9. The highest BCUT2D eigenvalue weighted by atomic mass is 127. The van der Waals surface area contributed by atoms with Crippen molar-refractivity contribution in [2.24, 2.45) is 16.8 Å². The number of nitrogens with one attached hydrogen (secondary N) is 1. The van der Waals surface area contributed by atoms with Crippen LogP contribution < -0.4 is 5.32 Å². The molecule has 1 aromatic carbocycles. The molecule has 0 radical (unpaired) electrons. The third-order valence-corrected chi connectivity index (χ3v) is 6.30. The van der Waals surface area contributed by atoms with Crippen molar-refractivity contribution in [3.8, 4) is 0 Å². The van der Waals surface area contributed by atoms with Gasteiger partial charge in [0, 0.05) is 33.2 Å². The van der Waals surface area contributed by atoms with Crippen molar-refractivity contribution in [1.29, 1.82) is 0 Å². The SMILES string of the molecule is CN=C(NCc1ccc(CN2CCC(C)CC2)cc1)N1CCC(C(=O)OC)CC1.I. The average molecular weight is 528 g/mol. The summed E-state index contributed by atoms with van der Waals surface area (Å²) in [6.07, 6.45) is 4.27. The number of aliphatic imine (C=N–C) groups is 1. The molecule has 0 atom stereocenters. The van der Waals surface area contributed by atoms with Gasteiger partial charge in [-0.3, -0.25) is 14.7 Å². The molecule has 6 nitrogen and oxygen atoms in total. The monoisotopic (exact) mass is 528 g/mol. The maximum absolute atomic E-state index is 11.7. The number of halogens is 1. The number of carbonyl (C=O) groups excluding carboxylic acids is 1. The summed E-state index contributed by atoms with van der Waals surface area (Å²) in [4.78, 5) is 20.9. The summed E-state index contributed by atoms with van der Waals surface area (Å²) in [7, 11) is 3.28. The molecule has 7 heteroatoms. The Balaban J connectivity index is 0.00000320. The number of nitrogens with zero attached hydrogens (tertiary/aromatic N) is 3. The van der Waals surface area contributed by atoms with Gasteiger partial charge in [-0.1, -0.05) is 31.2 Å². The summed E-state index contributed by atoms with van der Waals surface area (Å²) in [6.45, 7) is 8.25. The zero-order valence-electron chi connectivity index (χ0n) is 18.6. The average Bonchev–Trinajstić information content (AvgIpc) is 2.77. The predicted molar refractivity (Wildman–Crippen MR) is 132 cm³/mol. The Bertz CT molecular complexity index is 679. The molecule has 2 heterocycles. The second kappa shape index (κ2) is 12.5. The Morgan fingerprint density at radius 3 is 2.23 bits per heavy atom. The van der Waals surface area contributed by atoms with Gasteiger partial charge in [0.25, 0.3) is 0 Å². The lowest BCUT2D eigenvalue weighted by Crippen LogP contribution is -2.46. The van der Waals surface area contributed by atoms with Crippen LogP contribution in [0.4, 0.5) is 0 Å². The van der Waals surface area contributed by atoms with Crippen LogP contribution in [0, 0.1) is 11.8 Å². The smallest absolute Gasteiger partial charge is 0.308 e. The van der Waals surface area contributed by atoms with E-state index >= 15 is 0 Å². The van der Waals surface area contributed by atoms with Crippen LogP contribution in [0.1, 0.15) is 43.7 Å². The minimum atomic E-state index is -0.0910. The molecule has 0 amide bonds. The third kappa shape index (κ3) is 7.11. The fraction of sp³-hybridized carbons (Fsp3) is 0.652. The Morgan fingerprint density at radius 1 is 1.07 bits per heavy atom. The summed E-state index contributed by atoms with van der Waals surface area (Å²) in [5.74, 6) is 1.71. The summed E-state index contributed by atoms with van der Waals surface area (Å²) >= 11 is 0. The zero-order valence-corrected chi connectivity index (χ0v) is 20.9. The fourth-order valence-electron chi connectivity index (χ4n) is 4.25. The van der Waals surface area contributed by atoms with Crippen molar-refractivity contribution >= 4 is 35.9 Å². The summed E-state index contributed by atoms with van der Waals surface area (Å²) in [5, 5.41) is 3.47. The van der Waals surface area contributed by atoms with Crippen LogP contribution in [0.25, 0.3) is 0 Å². The van der Waals surface area contributed by atoms with Crippen molar-refractivity contribution in [1.82, 2.24) is 15.1 Å². The van der Waals surface area contributed by atoms with E-state index in [4.69, 9.17) is 4.74 Å². The molecule has 0 unspecified atom stereocenters. The van der Waals surface area contributed by atoms with E-state index < -0.39 is 0 Å². The third-order valence-electron chi connectivity index (χ3n) is 6.30. The molecule has 0 aromatic heterocycles. The number of rotatable bonds is 5. The molecular formula is C23H37IN4O2. The lowest BCUT2D eigenvalue weighted by Gasteiger charge is -2.33. The number of carbonyl (C=O) groups is 1. The van der Waals surface area contributed by atoms with Crippen LogP contribution in [0.5, 0.6) is 0 Å². The maximum atomic E-state index is 11.7. The van der Waals surface area contributed by atoms with Crippen LogP contribution in [-0.4, -0.2) is 62.1 Å². The largest absolute Gasteiger partial charge is 0.469 e. The Labute approximate surface area is 198 Å². The fourth-order valence-corrected chi connectivity index (χ4v) is 4.25. The van der Waals surface area contributed by atoms with Crippen LogP contribution >= 0.6 is 24.0 Å². The van der Waals surface area contributed by atoms with Crippen LogP contribution in [0.3, 0.4) is 0 Å². The topological polar surface area (TPSA) is 57.2 Å². The molecule has 3 rings (SSSR count). The van der Waals surface area contributed by atoms with Crippen molar-refractivity contribution in [3.05, 3.63) is 35.4 Å². The number of hydrogen-bond acceptors (Lipinski definition) is 4. The molecule has 1 N–H and O–H groups in total. The van der Waals surface area contributed by atoms with E-state index in [1.54, 1.807) is 0 Å². The van der Waals surface area contributed by atoms with E-state index in [0.717, 1.165) is 50.9 Å². The van der Waals surface area contributed by atoms with Gasteiger partial charge in [0.05, 0.1) is 13.0 Å². The first-order valence-electron chi connectivity index (χ1n) is 10.9. The highest BCUT2D eigenvalue weighted by molar-refractivity contribution is 14.0. The number of esters is 1. The van der Waals surface area contributed by atoms with Gasteiger partial charge in [-0.2, -0.15) is 0 Å². The van der Waals surface area contributed by atoms with Gasteiger partial charge in [-0.05, 0) is 55.8 Å². The minimum absolute atomic E-state index is 0. The first kappa shape index (κ1) is 24.9. The number of ether oxygens (including phenoxy) is 1. The van der Waals surface area contributed by atoms with Crippen molar-refractivity contribution < 1.29 is 9.53 Å². The highest BCUT2D eigenvalue weighted by Crippen LogP contribution is 2.19. The highest BCUT2D eigenvalue weighted by Gasteiger charge is 2.26. The zero-order chi connectivity index (χ0) is 20.6. The molecule has 0 aliphatic carbocycles. The van der Waals surface area contributed by atoms with Crippen LogP contribution in [0.15, 0.2) is 29.3 Å². The Kier molecular flexibility index (Phi) is 10.4. The van der Waals surface area contributed by atoms with Gasteiger partial charge < -0.3 is 15.0 Å². The molecule has 2 aliphatic rings. The van der Waals surface area contributed by atoms with Gasteiger partial charge in [-0.25, -0.2) is 0 Å². The molecular weight excluding hydrogens is 491 g/mol. The predicted octanol–water partition coefficient (Wildman–Crippen LogP) is 3.50. The number of guanidine groups is 1. The number of likely N-dealkylation sites (tertiary alicyclic amines) is 2. The Morgan fingerprint density at radius 2 is 1.67 bits per heavy atom. The van der Waals surface area contributed by atoms with E-state index in [1.807, 2.05) is 7.05 Å². The van der Waals surface area contributed by atoms with Gasteiger partial charge >= 0.3 is 5.97 Å². The number of hydrogen-bond donors (Lipinski definition) is 1. The second-order valence-electron chi connectivity index (χ2n) is 8.46. The molecule has 1 aromatic rings. The Hall–Kier alpha value is -1.35. The maximum Gasteiger partial charge on any atom is 0.308 e. The summed E-state index contributed by atoms with van der Waals surface area (Å²) in [5.41, 5.74) is 2.64. The van der Waals surface area contributed by atoms with E-state index in [1.165, 1.54) is 44.2 Å². The van der Waals surface area contributed by atoms with Crippen LogP contribution in [-0.2, 0) is 22.6 Å². The quantitative estimate of drug-likeness (QED) is 0.275. The van der Waals surface area contributed by atoms with Crippen LogP contribution in [0.2, 0.25) is 0 Å². The van der Waals surface area contributed by atoms with E-state index in [-0.39, 0.29) is 35.9 Å². The van der Waals surface area contributed by atoms with Gasteiger partial charge in [-0.15, -0.1) is 24.0 Å². The summed E-state index contributed by atoms with van der Waals surface area (Å²) in [6, 6.07) is 8.93. The molecule has 168 valence electrons. The molecule has 30 heavy (non-hydrogen) atoms. The van der Waals surface area contributed by atoms with Gasteiger partial charge in [0.2, 0.25) is 0 Å².